The molecule has 4 rings (SSSR count). The summed E-state index contributed by atoms with van der Waals surface area (Å²) in [6, 6.07) is 7.56. The van der Waals surface area contributed by atoms with Gasteiger partial charge in [-0.2, -0.15) is 4.98 Å². The van der Waals surface area contributed by atoms with Crippen LogP contribution < -0.4 is 10.1 Å². The molecule has 7 nitrogen and oxygen atoms in total. The van der Waals surface area contributed by atoms with Gasteiger partial charge < -0.3 is 19.3 Å². The first-order chi connectivity index (χ1) is 13.6. The SMILES string of the molecule is CCOc1ccc(CC(=O)Nc2sc3c(c2-c2nc(C)no2)CCOC3)cc1. The largest absolute Gasteiger partial charge is 0.494 e. The van der Waals surface area contributed by atoms with E-state index in [9.17, 15) is 4.79 Å². The Labute approximate surface area is 166 Å². The molecule has 1 amide bonds. The van der Waals surface area contributed by atoms with Gasteiger partial charge in [0, 0.05) is 4.88 Å². The lowest BCUT2D eigenvalue weighted by molar-refractivity contribution is -0.115. The van der Waals surface area contributed by atoms with Crippen LogP contribution in [0, 0.1) is 6.92 Å². The molecule has 0 saturated carbocycles. The molecule has 0 saturated heterocycles. The second kappa shape index (κ2) is 8.12. The number of anilines is 1. The molecule has 3 aromatic rings. The summed E-state index contributed by atoms with van der Waals surface area (Å²) < 4.78 is 16.4. The predicted octanol–water partition coefficient (Wildman–Crippen LogP) is 3.76. The maximum atomic E-state index is 12.7. The quantitative estimate of drug-likeness (QED) is 0.679. The average molecular weight is 399 g/mol. The number of aryl methyl sites for hydroxylation is 1. The molecule has 1 aliphatic rings. The minimum atomic E-state index is -0.0961. The van der Waals surface area contributed by atoms with E-state index in [1.165, 1.54) is 11.3 Å². The lowest BCUT2D eigenvalue weighted by Crippen LogP contribution is -2.14. The van der Waals surface area contributed by atoms with Gasteiger partial charge in [-0.05, 0) is 43.5 Å². The van der Waals surface area contributed by atoms with Crippen molar-refractivity contribution in [1.82, 2.24) is 10.1 Å². The molecule has 0 bridgehead atoms. The predicted molar refractivity (Wildman–Crippen MR) is 106 cm³/mol. The lowest BCUT2D eigenvalue weighted by Gasteiger charge is -2.12. The van der Waals surface area contributed by atoms with E-state index in [2.05, 4.69) is 15.5 Å². The van der Waals surface area contributed by atoms with Crippen LogP contribution in [-0.2, 0) is 29.0 Å². The van der Waals surface area contributed by atoms with Crippen LogP contribution in [0.1, 0.15) is 28.8 Å². The number of fused-ring (bicyclic) bond motifs is 1. The third-order valence-electron chi connectivity index (χ3n) is 4.41. The van der Waals surface area contributed by atoms with Crippen LogP contribution in [0.3, 0.4) is 0 Å². The number of carbonyl (C=O) groups is 1. The Bertz CT molecular complexity index is 978. The summed E-state index contributed by atoms with van der Waals surface area (Å²) in [6.45, 7) is 5.51. The summed E-state index contributed by atoms with van der Waals surface area (Å²) in [5.41, 5.74) is 2.86. The van der Waals surface area contributed by atoms with Crippen LogP contribution in [0.5, 0.6) is 5.75 Å². The van der Waals surface area contributed by atoms with Gasteiger partial charge in [-0.25, -0.2) is 0 Å². The van der Waals surface area contributed by atoms with E-state index >= 15 is 0 Å². The number of amides is 1. The number of aromatic nitrogens is 2. The van der Waals surface area contributed by atoms with E-state index in [0.717, 1.165) is 38.7 Å². The van der Waals surface area contributed by atoms with Crippen molar-refractivity contribution in [2.24, 2.45) is 0 Å². The zero-order valence-electron chi connectivity index (χ0n) is 15.8. The van der Waals surface area contributed by atoms with Crippen LogP contribution in [0.15, 0.2) is 28.8 Å². The Hall–Kier alpha value is -2.71. The first-order valence-electron chi connectivity index (χ1n) is 9.18. The highest BCUT2D eigenvalue weighted by molar-refractivity contribution is 7.17. The smallest absolute Gasteiger partial charge is 0.261 e. The second-order valence-electron chi connectivity index (χ2n) is 6.46. The fourth-order valence-electron chi connectivity index (χ4n) is 3.17. The summed E-state index contributed by atoms with van der Waals surface area (Å²) in [5.74, 6) is 1.70. The first kappa shape index (κ1) is 18.6. The normalized spacial score (nSPS) is 13.2. The highest BCUT2D eigenvalue weighted by atomic mass is 32.1. The Morgan fingerprint density at radius 2 is 2.14 bits per heavy atom. The number of carbonyl (C=O) groups excluding carboxylic acids is 1. The van der Waals surface area contributed by atoms with Crippen molar-refractivity contribution in [1.29, 1.82) is 0 Å². The molecular weight excluding hydrogens is 378 g/mol. The molecule has 3 heterocycles. The van der Waals surface area contributed by atoms with Crippen LogP contribution in [0.2, 0.25) is 0 Å². The van der Waals surface area contributed by atoms with E-state index in [4.69, 9.17) is 14.0 Å². The van der Waals surface area contributed by atoms with E-state index in [1.54, 1.807) is 6.92 Å². The summed E-state index contributed by atoms with van der Waals surface area (Å²) in [7, 11) is 0. The maximum Gasteiger partial charge on any atom is 0.261 e. The molecular formula is C20H21N3O4S. The zero-order valence-corrected chi connectivity index (χ0v) is 16.6. The molecule has 2 aromatic heterocycles. The van der Waals surface area contributed by atoms with Gasteiger partial charge in [0.25, 0.3) is 5.89 Å². The Morgan fingerprint density at radius 1 is 1.32 bits per heavy atom. The molecule has 0 fully saturated rings. The summed E-state index contributed by atoms with van der Waals surface area (Å²) >= 11 is 1.51. The summed E-state index contributed by atoms with van der Waals surface area (Å²) in [4.78, 5) is 18.1. The van der Waals surface area contributed by atoms with Crippen molar-refractivity contribution in [2.45, 2.75) is 33.3 Å². The van der Waals surface area contributed by atoms with E-state index in [1.807, 2.05) is 31.2 Å². The summed E-state index contributed by atoms with van der Waals surface area (Å²) in [5, 5.41) is 7.66. The minimum absolute atomic E-state index is 0.0961. The number of rotatable bonds is 6. The highest BCUT2D eigenvalue weighted by Gasteiger charge is 2.26. The molecule has 0 spiro atoms. The van der Waals surface area contributed by atoms with Gasteiger partial charge in [0.1, 0.15) is 10.8 Å². The number of hydrogen-bond donors (Lipinski definition) is 1. The van der Waals surface area contributed by atoms with Gasteiger partial charge in [-0.1, -0.05) is 17.3 Å². The van der Waals surface area contributed by atoms with Crippen molar-refractivity contribution < 1.29 is 18.8 Å². The van der Waals surface area contributed by atoms with Gasteiger partial charge >= 0.3 is 0 Å². The van der Waals surface area contributed by atoms with Gasteiger partial charge in [-0.3, -0.25) is 4.79 Å². The molecule has 28 heavy (non-hydrogen) atoms. The number of benzene rings is 1. The van der Waals surface area contributed by atoms with Gasteiger partial charge in [0.05, 0.1) is 31.8 Å². The topological polar surface area (TPSA) is 86.5 Å². The zero-order chi connectivity index (χ0) is 19.5. The second-order valence-corrected chi connectivity index (χ2v) is 7.56. The first-order valence-corrected chi connectivity index (χ1v) is 10.00. The van der Waals surface area contributed by atoms with Crippen LogP contribution in [-0.4, -0.2) is 29.3 Å². The van der Waals surface area contributed by atoms with Crippen molar-refractivity contribution in [3.8, 4) is 17.2 Å². The van der Waals surface area contributed by atoms with Gasteiger partial charge in [0.15, 0.2) is 5.82 Å². The minimum Gasteiger partial charge on any atom is -0.494 e. The number of nitrogens with one attached hydrogen (secondary N) is 1. The number of ether oxygens (including phenoxy) is 2. The van der Waals surface area contributed by atoms with Gasteiger partial charge in [0.2, 0.25) is 5.91 Å². The molecule has 1 aromatic carbocycles. The van der Waals surface area contributed by atoms with Gasteiger partial charge in [-0.15, -0.1) is 11.3 Å². The fourth-order valence-corrected chi connectivity index (χ4v) is 4.37. The fraction of sp³-hybridized carbons (Fsp3) is 0.350. The molecule has 0 atom stereocenters. The van der Waals surface area contributed by atoms with Crippen molar-refractivity contribution >= 4 is 22.2 Å². The number of thiophene rings is 1. The van der Waals surface area contributed by atoms with E-state index in [0.29, 0.717) is 31.5 Å². The standard InChI is InChI=1S/C20H21N3O4S/c1-3-26-14-6-4-13(5-7-14)10-17(24)22-20-18(19-21-12(2)23-27-19)15-8-9-25-11-16(15)28-20/h4-7H,3,8-11H2,1-2H3,(H,22,24). The molecule has 0 unspecified atom stereocenters. The maximum absolute atomic E-state index is 12.7. The molecule has 0 aliphatic carbocycles. The van der Waals surface area contributed by atoms with Crippen molar-refractivity contribution in [3.05, 3.63) is 46.1 Å². The van der Waals surface area contributed by atoms with Crippen molar-refractivity contribution in [3.63, 3.8) is 0 Å². The molecule has 1 aliphatic heterocycles. The monoisotopic (exact) mass is 399 g/mol. The molecule has 146 valence electrons. The van der Waals surface area contributed by atoms with Crippen molar-refractivity contribution in [2.75, 3.05) is 18.5 Å². The molecule has 0 radical (unpaired) electrons. The lowest BCUT2D eigenvalue weighted by atomic mass is 10.1. The summed E-state index contributed by atoms with van der Waals surface area (Å²) in [6.07, 6.45) is 1.03. The van der Waals surface area contributed by atoms with E-state index < -0.39 is 0 Å². The number of nitrogens with zero attached hydrogens (tertiary/aromatic N) is 2. The Balaban J connectivity index is 1.55. The van der Waals surface area contributed by atoms with Crippen LogP contribution in [0.25, 0.3) is 11.5 Å². The van der Waals surface area contributed by atoms with Crippen LogP contribution in [0.4, 0.5) is 5.00 Å². The van der Waals surface area contributed by atoms with E-state index in [-0.39, 0.29) is 12.3 Å². The molecule has 8 heteroatoms. The Kier molecular flexibility index (Phi) is 5.40. The highest BCUT2D eigenvalue weighted by Crippen LogP contribution is 2.42. The average Bonchev–Trinajstić information content (AvgIpc) is 3.26. The molecule has 1 N–H and O–H groups in total. The third kappa shape index (κ3) is 3.93. The van der Waals surface area contributed by atoms with Crippen LogP contribution >= 0.6 is 11.3 Å². The third-order valence-corrected chi connectivity index (χ3v) is 5.53. The number of hydrogen-bond acceptors (Lipinski definition) is 7. The Morgan fingerprint density at radius 3 is 2.86 bits per heavy atom.